The molecule has 0 bridgehead atoms. The summed E-state index contributed by atoms with van der Waals surface area (Å²) in [6, 6.07) is 20.4. The fourth-order valence-electron chi connectivity index (χ4n) is 3.11. The normalized spacial score (nSPS) is 13.5. The fraction of sp³-hybridized carbons (Fsp3) is 0.238. The van der Waals surface area contributed by atoms with E-state index in [2.05, 4.69) is 27.3 Å². The van der Waals surface area contributed by atoms with Crippen LogP contribution in [0, 0.1) is 0 Å². The zero-order valence-electron chi connectivity index (χ0n) is 14.4. The summed E-state index contributed by atoms with van der Waals surface area (Å²) >= 11 is 5.67. The largest absolute Gasteiger partial charge is 0.360 e. The first-order chi connectivity index (χ1) is 12.7. The number of fused-ring (bicyclic) bond motifs is 1. The number of nitrogens with one attached hydrogen (secondary N) is 2. The summed E-state index contributed by atoms with van der Waals surface area (Å²) < 4.78 is 0. The van der Waals surface area contributed by atoms with E-state index in [4.69, 9.17) is 12.2 Å². The molecule has 1 aromatic heterocycles. The molecule has 132 valence electrons. The first-order valence-corrected chi connectivity index (χ1v) is 9.30. The van der Waals surface area contributed by atoms with Gasteiger partial charge >= 0.3 is 0 Å². The van der Waals surface area contributed by atoms with Crippen LogP contribution in [0.4, 0.5) is 0 Å². The topological polar surface area (TPSA) is 48.1 Å². The average Bonchev–Trinajstić information content (AvgIpc) is 3.46. The SMILES string of the molecule is O=c1cc(CN(Cc2ccccc2)C(=S)NC2CC2)c2ccccc2[nH]1. The monoisotopic (exact) mass is 363 g/mol. The van der Waals surface area contributed by atoms with Crippen molar-refractivity contribution in [1.82, 2.24) is 15.2 Å². The standard InChI is InChI=1S/C21H21N3OS/c25-20-12-16(18-8-4-5-9-19(18)23-20)14-24(21(26)22-17-10-11-17)13-15-6-2-1-3-7-15/h1-9,12,17H,10-11,13-14H2,(H,22,26)(H,23,25). The van der Waals surface area contributed by atoms with E-state index >= 15 is 0 Å². The maximum absolute atomic E-state index is 12.1. The smallest absolute Gasteiger partial charge is 0.248 e. The van der Waals surface area contributed by atoms with Crippen LogP contribution < -0.4 is 10.9 Å². The van der Waals surface area contributed by atoms with Crippen molar-refractivity contribution in [3.05, 3.63) is 82.1 Å². The lowest BCUT2D eigenvalue weighted by atomic mass is 10.1. The van der Waals surface area contributed by atoms with Crippen LogP contribution in [0.5, 0.6) is 0 Å². The third-order valence-corrected chi connectivity index (χ3v) is 4.98. The van der Waals surface area contributed by atoms with Gasteiger partial charge in [0.05, 0.1) is 0 Å². The Labute approximate surface area is 157 Å². The Hall–Kier alpha value is -2.66. The van der Waals surface area contributed by atoms with Crippen LogP contribution in [0.25, 0.3) is 10.9 Å². The van der Waals surface area contributed by atoms with Crippen molar-refractivity contribution >= 4 is 28.2 Å². The predicted molar refractivity (Wildman–Crippen MR) is 109 cm³/mol. The summed E-state index contributed by atoms with van der Waals surface area (Å²) in [4.78, 5) is 17.1. The number of aromatic amines is 1. The summed E-state index contributed by atoms with van der Waals surface area (Å²) in [5.74, 6) is 0. The van der Waals surface area contributed by atoms with Crippen LogP contribution in [-0.4, -0.2) is 21.0 Å². The van der Waals surface area contributed by atoms with Crippen LogP contribution in [0.15, 0.2) is 65.5 Å². The van der Waals surface area contributed by atoms with Gasteiger partial charge in [0.15, 0.2) is 5.11 Å². The van der Waals surface area contributed by atoms with Gasteiger partial charge in [0.25, 0.3) is 0 Å². The number of hydrogen-bond acceptors (Lipinski definition) is 2. The molecule has 2 aromatic carbocycles. The second-order valence-electron chi connectivity index (χ2n) is 6.77. The summed E-state index contributed by atoms with van der Waals surface area (Å²) in [6.07, 6.45) is 2.35. The molecule has 0 spiro atoms. The van der Waals surface area contributed by atoms with E-state index in [9.17, 15) is 4.79 Å². The number of aromatic nitrogens is 1. The number of pyridine rings is 1. The van der Waals surface area contributed by atoms with Crippen molar-refractivity contribution < 1.29 is 0 Å². The molecule has 2 N–H and O–H groups in total. The highest BCUT2D eigenvalue weighted by molar-refractivity contribution is 7.80. The zero-order valence-corrected chi connectivity index (χ0v) is 15.3. The molecule has 0 aliphatic heterocycles. The highest BCUT2D eigenvalue weighted by Gasteiger charge is 2.24. The minimum Gasteiger partial charge on any atom is -0.360 e. The Morgan fingerprint density at radius 3 is 2.58 bits per heavy atom. The second kappa shape index (κ2) is 7.30. The van der Waals surface area contributed by atoms with E-state index in [-0.39, 0.29) is 5.56 Å². The highest BCUT2D eigenvalue weighted by Crippen LogP contribution is 2.21. The van der Waals surface area contributed by atoms with Crippen LogP contribution in [-0.2, 0) is 13.1 Å². The van der Waals surface area contributed by atoms with Gasteiger partial charge in [0.2, 0.25) is 5.56 Å². The van der Waals surface area contributed by atoms with Gasteiger partial charge in [-0.25, -0.2) is 0 Å². The van der Waals surface area contributed by atoms with Crippen molar-refractivity contribution in [3.63, 3.8) is 0 Å². The van der Waals surface area contributed by atoms with Crippen molar-refractivity contribution in [2.24, 2.45) is 0 Å². The quantitative estimate of drug-likeness (QED) is 0.681. The predicted octanol–water partition coefficient (Wildman–Crippen LogP) is 3.57. The molecular formula is C21H21N3OS. The van der Waals surface area contributed by atoms with Crippen LogP contribution in [0.2, 0.25) is 0 Å². The molecule has 0 unspecified atom stereocenters. The maximum atomic E-state index is 12.1. The molecule has 3 aromatic rings. The lowest BCUT2D eigenvalue weighted by molar-refractivity contribution is 0.400. The van der Waals surface area contributed by atoms with Crippen LogP contribution in [0.1, 0.15) is 24.0 Å². The van der Waals surface area contributed by atoms with Crippen molar-refractivity contribution in [1.29, 1.82) is 0 Å². The average molecular weight is 363 g/mol. The summed E-state index contributed by atoms with van der Waals surface area (Å²) in [6.45, 7) is 1.30. The number of nitrogens with zero attached hydrogens (tertiary/aromatic N) is 1. The molecule has 4 rings (SSSR count). The van der Waals surface area contributed by atoms with Crippen molar-refractivity contribution in [3.8, 4) is 0 Å². The van der Waals surface area contributed by atoms with E-state index in [1.807, 2.05) is 42.5 Å². The number of H-pyrrole nitrogens is 1. The summed E-state index contributed by atoms with van der Waals surface area (Å²) in [5, 5.41) is 5.23. The van der Waals surface area contributed by atoms with E-state index in [0.29, 0.717) is 19.1 Å². The molecular weight excluding hydrogens is 342 g/mol. The fourth-order valence-corrected chi connectivity index (χ4v) is 3.41. The zero-order chi connectivity index (χ0) is 17.9. The summed E-state index contributed by atoms with van der Waals surface area (Å²) in [7, 11) is 0. The third-order valence-electron chi connectivity index (χ3n) is 4.61. The number of rotatable bonds is 5. The van der Waals surface area contributed by atoms with Crippen LogP contribution in [0.3, 0.4) is 0 Å². The lowest BCUT2D eigenvalue weighted by Gasteiger charge is -2.26. The molecule has 0 radical (unpaired) electrons. The first kappa shape index (κ1) is 16.8. The molecule has 1 saturated carbocycles. The summed E-state index contributed by atoms with van der Waals surface area (Å²) in [5.41, 5.74) is 2.96. The van der Waals surface area contributed by atoms with E-state index in [1.165, 1.54) is 18.4 Å². The van der Waals surface area contributed by atoms with Gasteiger partial charge in [0, 0.05) is 36.1 Å². The number of para-hydroxylation sites is 1. The van der Waals surface area contributed by atoms with Gasteiger partial charge in [-0.2, -0.15) is 0 Å². The molecule has 4 nitrogen and oxygen atoms in total. The Balaban J connectivity index is 1.65. The van der Waals surface area contributed by atoms with Gasteiger partial charge in [-0.1, -0.05) is 48.5 Å². The molecule has 0 atom stereocenters. The first-order valence-electron chi connectivity index (χ1n) is 8.89. The Morgan fingerprint density at radius 2 is 1.81 bits per heavy atom. The lowest BCUT2D eigenvalue weighted by Crippen LogP contribution is -2.40. The third kappa shape index (κ3) is 3.94. The molecule has 5 heteroatoms. The molecule has 1 aliphatic carbocycles. The molecule has 1 heterocycles. The molecule has 1 fully saturated rings. The molecule has 0 saturated heterocycles. The van der Waals surface area contributed by atoms with Gasteiger partial charge in [-0.3, -0.25) is 4.79 Å². The van der Waals surface area contributed by atoms with Crippen molar-refractivity contribution in [2.45, 2.75) is 32.0 Å². The van der Waals surface area contributed by atoms with Gasteiger partial charge in [-0.05, 0) is 42.3 Å². The van der Waals surface area contributed by atoms with Gasteiger partial charge in [0.1, 0.15) is 0 Å². The van der Waals surface area contributed by atoms with Crippen molar-refractivity contribution in [2.75, 3.05) is 0 Å². The Bertz CT molecular complexity index is 979. The highest BCUT2D eigenvalue weighted by atomic mass is 32.1. The minimum atomic E-state index is -0.0839. The van der Waals surface area contributed by atoms with E-state index in [1.54, 1.807) is 6.07 Å². The molecule has 1 aliphatic rings. The van der Waals surface area contributed by atoms with Gasteiger partial charge in [-0.15, -0.1) is 0 Å². The number of thiocarbonyl (C=S) groups is 1. The maximum Gasteiger partial charge on any atom is 0.248 e. The second-order valence-corrected chi connectivity index (χ2v) is 7.16. The number of hydrogen-bond donors (Lipinski definition) is 2. The minimum absolute atomic E-state index is 0.0839. The molecule has 0 amide bonds. The van der Waals surface area contributed by atoms with Crippen LogP contribution >= 0.6 is 12.2 Å². The Morgan fingerprint density at radius 1 is 1.08 bits per heavy atom. The Kier molecular flexibility index (Phi) is 4.71. The van der Waals surface area contributed by atoms with E-state index < -0.39 is 0 Å². The molecule has 26 heavy (non-hydrogen) atoms. The van der Waals surface area contributed by atoms with E-state index in [0.717, 1.165) is 21.6 Å². The number of benzene rings is 2. The van der Waals surface area contributed by atoms with Gasteiger partial charge < -0.3 is 15.2 Å².